The lowest BCUT2D eigenvalue weighted by molar-refractivity contribution is -0.131. The third kappa shape index (κ3) is 4.40. The van der Waals surface area contributed by atoms with Crippen LogP contribution in [0.15, 0.2) is 60.7 Å². The van der Waals surface area contributed by atoms with Crippen LogP contribution in [0.3, 0.4) is 0 Å². The first-order chi connectivity index (χ1) is 13.3. The van der Waals surface area contributed by atoms with Gasteiger partial charge in [-0.3, -0.25) is 9.59 Å². The van der Waals surface area contributed by atoms with Gasteiger partial charge >= 0.3 is 5.97 Å². The first kappa shape index (κ1) is 19.2. The molecule has 6 heteroatoms. The molecule has 28 heavy (non-hydrogen) atoms. The second-order valence-electron chi connectivity index (χ2n) is 6.25. The van der Waals surface area contributed by atoms with E-state index in [4.69, 9.17) is 4.74 Å². The molecule has 0 fully saturated rings. The number of ether oxygens (including phenoxy) is 1. The molecule has 0 unspecified atom stereocenters. The highest BCUT2D eigenvalue weighted by Gasteiger charge is 2.17. The molecule has 3 aromatic carbocycles. The number of anilines is 1. The predicted molar refractivity (Wildman–Crippen MR) is 102 cm³/mol. The number of rotatable bonds is 4. The number of hydrogen-bond donors (Lipinski definition) is 1. The van der Waals surface area contributed by atoms with E-state index in [1.807, 2.05) is 19.1 Å². The van der Waals surface area contributed by atoms with Crippen LogP contribution in [0.4, 0.5) is 14.5 Å². The zero-order valence-electron chi connectivity index (χ0n) is 15.3. The van der Waals surface area contributed by atoms with Crippen molar-refractivity contribution in [1.29, 1.82) is 0 Å². The van der Waals surface area contributed by atoms with Crippen LogP contribution in [0, 0.1) is 18.6 Å². The molecule has 0 radical (unpaired) electrons. The van der Waals surface area contributed by atoms with Gasteiger partial charge in [0, 0.05) is 24.2 Å². The van der Waals surface area contributed by atoms with Crippen LogP contribution in [0.1, 0.15) is 22.8 Å². The number of amides is 1. The summed E-state index contributed by atoms with van der Waals surface area (Å²) in [6, 6.07) is 14.6. The monoisotopic (exact) mass is 381 g/mol. The molecule has 0 aliphatic carbocycles. The van der Waals surface area contributed by atoms with Crippen molar-refractivity contribution in [2.45, 2.75) is 13.8 Å². The standard InChI is InChI=1S/C22H17F2NO3/c1-13-3-7-17(8-4-13)25-22(27)19-11-15(5-10-21(19)28-14(2)26)18-9-6-16(23)12-20(18)24/h3-12H,1-2H3,(H,25,27). The van der Waals surface area contributed by atoms with Gasteiger partial charge in [0.2, 0.25) is 0 Å². The summed E-state index contributed by atoms with van der Waals surface area (Å²) in [6.45, 7) is 3.14. The van der Waals surface area contributed by atoms with Crippen molar-refractivity contribution in [1.82, 2.24) is 0 Å². The van der Waals surface area contributed by atoms with Crippen LogP contribution in [0.5, 0.6) is 5.75 Å². The lowest BCUT2D eigenvalue weighted by atomic mass is 10.0. The fourth-order valence-corrected chi connectivity index (χ4v) is 2.68. The largest absolute Gasteiger partial charge is 0.426 e. The number of hydrogen-bond acceptors (Lipinski definition) is 3. The fraction of sp³-hybridized carbons (Fsp3) is 0.0909. The van der Waals surface area contributed by atoms with Crippen LogP contribution in [0.25, 0.3) is 11.1 Å². The molecule has 142 valence electrons. The summed E-state index contributed by atoms with van der Waals surface area (Å²) in [4.78, 5) is 24.1. The third-order valence-corrected chi connectivity index (χ3v) is 4.03. The third-order valence-electron chi connectivity index (χ3n) is 4.03. The number of halogens is 2. The Morgan fingerprint density at radius 3 is 2.29 bits per heavy atom. The van der Waals surface area contributed by atoms with Crippen molar-refractivity contribution in [2.24, 2.45) is 0 Å². The number of aryl methyl sites for hydroxylation is 1. The van der Waals surface area contributed by atoms with Crippen LogP contribution in [-0.2, 0) is 4.79 Å². The zero-order chi connectivity index (χ0) is 20.3. The van der Waals surface area contributed by atoms with Crippen molar-refractivity contribution >= 4 is 17.6 Å². The van der Waals surface area contributed by atoms with E-state index in [0.717, 1.165) is 17.7 Å². The highest BCUT2D eigenvalue weighted by Crippen LogP contribution is 2.30. The number of benzene rings is 3. The van der Waals surface area contributed by atoms with E-state index in [1.165, 1.54) is 31.2 Å². The topological polar surface area (TPSA) is 55.4 Å². The van der Waals surface area contributed by atoms with E-state index in [9.17, 15) is 18.4 Å². The number of nitrogens with one attached hydrogen (secondary N) is 1. The minimum atomic E-state index is -0.759. The molecule has 0 heterocycles. The molecule has 3 aromatic rings. The highest BCUT2D eigenvalue weighted by atomic mass is 19.1. The van der Waals surface area contributed by atoms with Crippen LogP contribution in [0.2, 0.25) is 0 Å². The normalized spacial score (nSPS) is 10.4. The molecule has 4 nitrogen and oxygen atoms in total. The van der Waals surface area contributed by atoms with Crippen molar-refractivity contribution in [3.63, 3.8) is 0 Å². The van der Waals surface area contributed by atoms with Gasteiger partial charge in [0.25, 0.3) is 5.91 Å². The number of esters is 1. The van der Waals surface area contributed by atoms with Gasteiger partial charge in [-0.15, -0.1) is 0 Å². The highest BCUT2D eigenvalue weighted by molar-refractivity contribution is 6.07. The molecular weight excluding hydrogens is 364 g/mol. The summed E-state index contributed by atoms with van der Waals surface area (Å²) in [5, 5.41) is 2.72. The summed E-state index contributed by atoms with van der Waals surface area (Å²) in [7, 11) is 0. The zero-order valence-corrected chi connectivity index (χ0v) is 15.3. The molecule has 0 aromatic heterocycles. The van der Waals surface area contributed by atoms with Crippen LogP contribution >= 0.6 is 0 Å². The average molecular weight is 381 g/mol. The fourth-order valence-electron chi connectivity index (χ4n) is 2.68. The molecule has 3 rings (SSSR count). The van der Waals surface area contributed by atoms with E-state index < -0.39 is 23.5 Å². The Morgan fingerprint density at radius 2 is 1.64 bits per heavy atom. The second-order valence-corrected chi connectivity index (χ2v) is 6.25. The van der Waals surface area contributed by atoms with Crippen LogP contribution in [-0.4, -0.2) is 11.9 Å². The van der Waals surface area contributed by atoms with Gasteiger partial charge in [-0.1, -0.05) is 23.8 Å². The Labute approximate surface area is 160 Å². The summed E-state index contributed by atoms with van der Waals surface area (Å²) >= 11 is 0. The minimum absolute atomic E-state index is 0.0448. The Bertz CT molecular complexity index is 1050. The van der Waals surface area contributed by atoms with Gasteiger partial charge in [0.15, 0.2) is 0 Å². The minimum Gasteiger partial charge on any atom is -0.426 e. The number of carbonyl (C=O) groups excluding carboxylic acids is 2. The Morgan fingerprint density at radius 1 is 0.929 bits per heavy atom. The molecule has 0 saturated carbocycles. The van der Waals surface area contributed by atoms with Crippen molar-refractivity contribution in [2.75, 3.05) is 5.32 Å². The smallest absolute Gasteiger partial charge is 0.308 e. The Balaban J connectivity index is 2.01. The van der Waals surface area contributed by atoms with Gasteiger partial charge in [-0.2, -0.15) is 0 Å². The van der Waals surface area contributed by atoms with Crippen molar-refractivity contribution in [3.05, 3.63) is 83.4 Å². The molecular formula is C22H17F2NO3. The van der Waals surface area contributed by atoms with E-state index in [1.54, 1.807) is 12.1 Å². The molecule has 1 N–H and O–H groups in total. The van der Waals surface area contributed by atoms with Gasteiger partial charge in [0.05, 0.1) is 5.56 Å². The Kier molecular flexibility index (Phi) is 5.49. The lowest BCUT2D eigenvalue weighted by Crippen LogP contribution is -2.15. The first-order valence-electron chi connectivity index (χ1n) is 8.49. The quantitative estimate of drug-likeness (QED) is 0.504. The van der Waals surface area contributed by atoms with Gasteiger partial charge in [0.1, 0.15) is 17.4 Å². The van der Waals surface area contributed by atoms with Crippen molar-refractivity contribution in [3.8, 4) is 16.9 Å². The summed E-state index contributed by atoms with van der Waals surface area (Å²) in [6.07, 6.45) is 0. The molecule has 0 aliphatic rings. The van der Waals surface area contributed by atoms with Gasteiger partial charge in [-0.05, 0) is 48.9 Å². The number of carbonyl (C=O) groups is 2. The van der Waals surface area contributed by atoms with Gasteiger partial charge < -0.3 is 10.1 Å². The molecule has 1 amide bonds. The second kappa shape index (κ2) is 8.00. The summed E-state index contributed by atoms with van der Waals surface area (Å²) in [5.41, 5.74) is 2.12. The van der Waals surface area contributed by atoms with E-state index in [2.05, 4.69) is 5.32 Å². The molecule has 0 bridgehead atoms. The maximum absolute atomic E-state index is 14.1. The molecule has 0 aliphatic heterocycles. The molecule has 0 atom stereocenters. The summed E-state index contributed by atoms with van der Waals surface area (Å²) in [5.74, 6) is -2.53. The molecule has 0 saturated heterocycles. The first-order valence-corrected chi connectivity index (χ1v) is 8.49. The Hall–Kier alpha value is -3.54. The van der Waals surface area contributed by atoms with Crippen LogP contribution < -0.4 is 10.1 Å². The lowest BCUT2D eigenvalue weighted by Gasteiger charge is -2.12. The maximum atomic E-state index is 14.1. The van der Waals surface area contributed by atoms with Gasteiger partial charge in [-0.25, -0.2) is 8.78 Å². The van der Waals surface area contributed by atoms with Crippen molar-refractivity contribution < 1.29 is 23.1 Å². The van der Waals surface area contributed by atoms with E-state index in [0.29, 0.717) is 11.3 Å². The van der Waals surface area contributed by atoms with E-state index >= 15 is 0 Å². The SMILES string of the molecule is CC(=O)Oc1ccc(-c2ccc(F)cc2F)cc1C(=O)Nc1ccc(C)cc1. The summed E-state index contributed by atoms with van der Waals surface area (Å²) < 4.78 is 32.4. The predicted octanol–water partition coefficient (Wildman–Crippen LogP) is 5.12. The average Bonchev–Trinajstić information content (AvgIpc) is 2.64. The molecule has 0 spiro atoms. The maximum Gasteiger partial charge on any atom is 0.308 e. The van der Waals surface area contributed by atoms with E-state index in [-0.39, 0.29) is 16.9 Å².